The van der Waals surface area contributed by atoms with Crippen LogP contribution in [0.4, 0.5) is 0 Å². The molecule has 5 heteroatoms. The lowest BCUT2D eigenvalue weighted by Gasteiger charge is -2.21. The predicted octanol–water partition coefficient (Wildman–Crippen LogP) is -0.784. The molecular weight excluding hydrogens is 176 g/mol. The Morgan fingerprint density at radius 2 is 1.85 bits per heavy atom. The Kier molecular flexibility index (Phi) is 2.08. The fourth-order valence-electron chi connectivity index (χ4n) is 1.81. The van der Waals surface area contributed by atoms with Gasteiger partial charge in [-0.2, -0.15) is 0 Å². The van der Waals surface area contributed by atoms with Gasteiger partial charge in [0.1, 0.15) is 18.3 Å². The van der Waals surface area contributed by atoms with E-state index in [1.54, 1.807) is 13.8 Å². The molecule has 2 N–H and O–H groups in total. The second-order valence-corrected chi connectivity index (χ2v) is 3.81. The highest BCUT2D eigenvalue weighted by Gasteiger charge is 2.54. The lowest BCUT2D eigenvalue weighted by Crippen LogP contribution is -2.31. The summed E-state index contributed by atoms with van der Waals surface area (Å²) in [5.41, 5.74) is 0. The Bertz CT molecular complexity index is 205. The van der Waals surface area contributed by atoms with Crippen molar-refractivity contribution in [3.63, 3.8) is 0 Å². The summed E-state index contributed by atoms with van der Waals surface area (Å²) in [4.78, 5) is 0. The third kappa shape index (κ3) is 1.47. The van der Waals surface area contributed by atoms with E-state index in [0.717, 1.165) is 0 Å². The lowest BCUT2D eigenvalue weighted by atomic mass is 10.1. The van der Waals surface area contributed by atoms with E-state index in [1.165, 1.54) is 0 Å². The van der Waals surface area contributed by atoms with Crippen molar-refractivity contribution < 1.29 is 24.4 Å². The molecule has 2 aliphatic rings. The van der Waals surface area contributed by atoms with Crippen LogP contribution in [0.1, 0.15) is 13.8 Å². The molecule has 0 aromatic carbocycles. The van der Waals surface area contributed by atoms with E-state index in [1.807, 2.05) is 0 Å². The fraction of sp³-hybridized carbons (Fsp3) is 1.00. The maximum absolute atomic E-state index is 9.39. The van der Waals surface area contributed by atoms with E-state index in [-0.39, 0.29) is 12.7 Å². The molecule has 0 saturated carbocycles. The van der Waals surface area contributed by atoms with E-state index >= 15 is 0 Å². The van der Waals surface area contributed by atoms with Crippen molar-refractivity contribution in [1.82, 2.24) is 0 Å². The standard InChI is InChI=1S/C8H14O5/c1-8(2)12-5-4(3-9)11-7(10)6(5)13-8/h4-7,9-10H,3H2,1-2H3/t4?,5-,6-,7?/m1/s1. The minimum Gasteiger partial charge on any atom is -0.394 e. The maximum Gasteiger partial charge on any atom is 0.184 e. The summed E-state index contributed by atoms with van der Waals surface area (Å²) >= 11 is 0. The van der Waals surface area contributed by atoms with Crippen LogP contribution in [0.3, 0.4) is 0 Å². The summed E-state index contributed by atoms with van der Waals surface area (Å²) in [6.07, 6.45) is -2.33. The van der Waals surface area contributed by atoms with E-state index in [9.17, 15) is 5.11 Å². The zero-order chi connectivity index (χ0) is 9.64. The van der Waals surface area contributed by atoms with Gasteiger partial charge in [-0.15, -0.1) is 0 Å². The van der Waals surface area contributed by atoms with E-state index in [4.69, 9.17) is 19.3 Å². The van der Waals surface area contributed by atoms with Crippen molar-refractivity contribution in [3.05, 3.63) is 0 Å². The normalized spacial score (nSPS) is 48.0. The SMILES string of the molecule is CC1(C)O[C@@H]2C(CO)OC(O)[C@@H]2O1. The van der Waals surface area contributed by atoms with E-state index in [0.29, 0.717) is 0 Å². The molecule has 4 atom stereocenters. The Morgan fingerprint density at radius 3 is 2.46 bits per heavy atom. The van der Waals surface area contributed by atoms with Crippen LogP contribution in [0.5, 0.6) is 0 Å². The molecule has 76 valence electrons. The van der Waals surface area contributed by atoms with E-state index in [2.05, 4.69) is 0 Å². The number of fused-ring (bicyclic) bond motifs is 1. The summed E-state index contributed by atoms with van der Waals surface area (Å²) < 4.78 is 15.9. The van der Waals surface area contributed by atoms with Gasteiger partial charge in [-0.25, -0.2) is 0 Å². The van der Waals surface area contributed by atoms with Crippen molar-refractivity contribution in [2.24, 2.45) is 0 Å². The highest BCUT2D eigenvalue weighted by atomic mass is 16.8. The van der Waals surface area contributed by atoms with Crippen molar-refractivity contribution in [2.75, 3.05) is 6.61 Å². The number of hydrogen-bond acceptors (Lipinski definition) is 5. The van der Waals surface area contributed by atoms with Gasteiger partial charge in [0.15, 0.2) is 12.1 Å². The minimum absolute atomic E-state index is 0.169. The van der Waals surface area contributed by atoms with Gasteiger partial charge in [-0.05, 0) is 13.8 Å². The highest BCUT2D eigenvalue weighted by molar-refractivity contribution is 4.94. The van der Waals surface area contributed by atoms with Crippen molar-refractivity contribution in [2.45, 2.75) is 44.2 Å². The Labute approximate surface area is 76.2 Å². The van der Waals surface area contributed by atoms with Gasteiger partial charge in [0.25, 0.3) is 0 Å². The first-order valence-corrected chi connectivity index (χ1v) is 4.33. The third-order valence-corrected chi connectivity index (χ3v) is 2.31. The molecule has 0 spiro atoms. The summed E-state index contributed by atoms with van der Waals surface area (Å²) in [7, 11) is 0. The van der Waals surface area contributed by atoms with Crippen LogP contribution in [0, 0.1) is 0 Å². The molecule has 0 radical (unpaired) electrons. The van der Waals surface area contributed by atoms with Gasteiger partial charge < -0.3 is 24.4 Å². The van der Waals surface area contributed by atoms with Gasteiger partial charge in [-0.3, -0.25) is 0 Å². The molecule has 13 heavy (non-hydrogen) atoms. The Morgan fingerprint density at radius 1 is 1.23 bits per heavy atom. The van der Waals surface area contributed by atoms with Crippen LogP contribution >= 0.6 is 0 Å². The topological polar surface area (TPSA) is 68.2 Å². The number of ether oxygens (including phenoxy) is 3. The van der Waals surface area contributed by atoms with Crippen LogP contribution in [0.2, 0.25) is 0 Å². The molecule has 2 aliphatic heterocycles. The molecule has 2 saturated heterocycles. The van der Waals surface area contributed by atoms with Crippen LogP contribution in [0.15, 0.2) is 0 Å². The summed E-state index contributed by atoms with van der Waals surface area (Å²) in [5.74, 6) is -0.701. The Hall–Kier alpha value is -0.200. The largest absolute Gasteiger partial charge is 0.394 e. The van der Waals surface area contributed by atoms with E-state index < -0.39 is 24.3 Å². The maximum atomic E-state index is 9.39. The van der Waals surface area contributed by atoms with Crippen LogP contribution in [0.25, 0.3) is 0 Å². The summed E-state index contributed by atoms with van der Waals surface area (Å²) in [6, 6.07) is 0. The van der Waals surface area contributed by atoms with Crippen LogP contribution in [-0.2, 0) is 14.2 Å². The minimum atomic E-state index is -0.996. The first-order chi connectivity index (χ1) is 6.03. The summed E-state index contributed by atoms with van der Waals surface area (Å²) in [5, 5.41) is 18.3. The van der Waals surface area contributed by atoms with Crippen LogP contribution < -0.4 is 0 Å². The molecule has 5 nitrogen and oxygen atoms in total. The highest BCUT2D eigenvalue weighted by Crippen LogP contribution is 2.37. The fourth-order valence-corrected chi connectivity index (χ4v) is 1.81. The molecule has 2 unspecified atom stereocenters. The monoisotopic (exact) mass is 190 g/mol. The first kappa shape index (κ1) is 9.36. The second-order valence-electron chi connectivity index (χ2n) is 3.81. The molecular formula is C8H14O5. The van der Waals surface area contributed by atoms with Crippen molar-refractivity contribution >= 4 is 0 Å². The predicted molar refractivity (Wildman–Crippen MR) is 41.8 cm³/mol. The number of rotatable bonds is 1. The molecule has 0 aromatic rings. The molecule has 0 amide bonds. The molecule has 2 fully saturated rings. The van der Waals surface area contributed by atoms with Gasteiger partial charge in [0.2, 0.25) is 0 Å². The van der Waals surface area contributed by atoms with Gasteiger partial charge >= 0.3 is 0 Å². The van der Waals surface area contributed by atoms with Gasteiger partial charge in [0, 0.05) is 0 Å². The smallest absolute Gasteiger partial charge is 0.184 e. The molecule has 2 heterocycles. The van der Waals surface area contributed by atoms with Gasteiger partial charge in [0.05, 0.1) is 6.61 Å². The van der Waals surface area contributed by atoms with Crippen LogP contribution in [-0.4, -0.2) is 47.2 Å². The number of aliphatic hydroxyl groups excluding tert-OH is 2. The first-order valence-electron chi connectivity index (χ1n) is 4.33. The number of hydrogen-bond donors (Lipinski definition) is 2. The average Bonchev–Trinajstić information content (AvgIpc) is 2.47. The third-order valence-electron chi connectivity index (χ3n) is 2.31. The quantitative estimate of drug-likeness (QED) is 0.567. The average molecular weight is 190 g/mol. The summed E-state index contributed by atoms with van der Waals surface area (Å²) in [6.45, 7) is 3.37. The molecule has 0 bridgehead atoms. The van der Waals surface area contributed by atoms with Crippen molar-refractivity contribution in [1.29, 1.82) is 0 Å². The molecule has 0 aromatic heterocycles. The second kappa shape index (κ2) is 2.90. The lowest BCUT2D eigenvalue weighted by molar-refractivity contribution is -0.223. The Balaban J connectivity index is 2.12. The zero-order valence-electron chi connectivity index (χ0n) is 7.64. The van der Waals surface area contributed by atoms with Gasteiger partial charge in [-0.1, -0.05) is 0 Å². The number of aliphatic hydroxyl groups is 2. The zero-order valence-corrected chi connectivity index (χ0v) is 7.64. The van der Waals surface area contributed by atoms with Crippen molar-refractivity contribution in [3.8, 4) is 0 Å². The molecule has 0 aliphatic carbocycles. The molecule has 2 rings (SSSR count).